The number of esters is 1. The number of anilines is 1. The summed E-state index contributed by atoms with van der Waals surface area (Å²) in [6.07, 6.45) is 0. The summed E-state index contributed by atoms with van der Waals surface area (Å²) >= 11 is 0. The topological polar surface area (TPSA) is 73.9 Å². The van der Waals surface area contributed by atoms with Crippen molar-refractivity contribution in [1.29, 1.82) is 0 Å². The molecular formula is C17H15F2NO5. The Balaban J connectivity index is 2.00. The molecule has 0 saturated carbocycles. The summed E-state index contributed by atoms with van der Waals surface area (Å²) in [6.45, 7) is -0.613. The molecule has 1 amide bonds. The summed E-state index contributed by atoms with van der Waals surface area (Å²) in [5.41, 5.74) is 0.126. The zero-order valence-corrected chi connectivity index (χ0v) is 13.5. The van der Waals surface area contributed by atoms with Gasteiger partial charge in [-0.3, -0.25) is 4.79 Å². The summed E-state index contributed by atoms with van der Waals surface area (Å²) in [7, 11) is 2.78. The highest BCUT2D eigenvalue weighted by molar-refractivity contribution is 5.97. The first-order valence-electron chi connectivity index (χ1n) is 7.09. The lowest BCUT2D eigenvalue weighted by molar-refractivity contribution is -0.119. The maximum Gasteiger partial charge on any atom is 0.342 e. The smallest absolute Gasteiger partial charge is 0.342 e. The third-order valence-corrected chi connectivity index (χ3v) is 3.16. The normalized spacial score (nSPS) is 10.1. The Hall–Kier alpha value is -3.16. The highest BCUT2D eigenvalue weighted by Gasteiger charge is 2.18. The number of hydrogen-bond donors (Lipinski definition) is 1. The van der Waals surface area contributed by atoms with Crippen molar-refractivity contribution in [1.82, 2.24) is 0 Å². The lowest BCUT2D eigenvalue weighted by Crippen LogP contribution is -2.21. The number of hydrogen-bond acceptors (Lipinski definition) is 5. The zero-order chi connectivity index (χ0) is 18.4. The predicted octanol–water partition coefficient (Wildman–Crippen LogP) is 2.78. The van der Waals surface area contributed by atoms with Gasteiger partial charge in [-0.15, -0.1) is 0 Å². The van der Waals surface area contributed by atoms with E-state index in [0.29, 0.717) is 5.75 Å². The van der Waals surface area contributed by atoms with Gasteiger partial charge in [-0.1, -0.05) is 6.07 Å². The van der Waals surface area contributed by atoms with Crippen LogP contribution in [0.5, 0.6) is 11.5 Å². The van der Waals surface area contributed by atoms with Crippen LogP contribution in [0.1, 0.15) is 10.4 Å². The molecule has 0 aliphatic rings. The van der Waals surface area contributed by atoms with E-state index >= 15 is 0 Å². The molecule has 8 heteroatoms. The van der Waals surface area contributed by atoms with Crippen LogP contribution < -0.4 is 14.8 Å². The zero-order valence-electron chi connectivity index (χ0n) is 13.5. The van der Waals surface area contributed by atoms with Crippen LogP contribution in [-0.2, 0) is 9.53 Å². The fourth-order valence-electron chi connectivity index (χ4n) is 2.03. The largest absolute Gasteiger partial charge is 0.493 e. The van der Waals surface area contributed by atoms with E-state index < -0.39 is 30.1 Å². The number of carbonyl (C=O) groups is 2. The minimum Gasteiger partial charge on any atom is -0.493 e. The summed E-state index contributed by atoms with van der Waals surface area (Å²) in [6, 6.07) is 7.50. The van der Waals surface area contributed by atoms with Gasteiger partial charge in [0, 0.05) is 11.8 Å². The molecular weight excluding hydrogens is 336 g/mol. The number of halogens is 2. The Bertz CT molecular complexity index is 795. The number of amides is 1. The third-order valence-electron chi connectivity index (χ3n) is 3.16. The molecule has 0 aliphatic heterocycles. The number of ether oxygens (including phenoxy) is 3. The molecule has 132 valence electrons. The lowest BCUT2D eigenvalue weighted by atomic mass is 10.2. The maximum atomic E-state index is 13.1. The van der Waals surface area contributed by atoms with Gasteiger partial charge in [-0.05, 0) is 24.3 Å². The van der Waals surface area contributed by atoms with Gasteiger partial charge in [0.2, 0.25) is 0 Å². The molecule has 0 bridgehead atoms. The molecule has 0 radical (unpaired) electrons. The quantitative estimate of drug-likeness (QED) is 0.810. The van der Waals surface area contributed by atoms with E-state index in [4.69, 9.17) is 14.2 Å². The maximum absolute atomic E-state index is 13.1. The molecule has 0 spiro atoms. The van der Waals surface area contributed by atoms with Crippen LogP contribution in [0.25, 0.3) is 0 Å². The molecule has 0 fully saturated rings. The van der Waals surface area contributed by atoms with Crippen molar-refractivity contribution in [2.45, 2.75) is 0 Å². The summed E-state index contributed by atoms with van der Waals surface area (Å²) < 4.78 is 41.0. The third kappa shape index (κ3) is 4.43. The first-order chi connectivity index (χ1) is 12.0. The molecule has 0 aliphatic carbocycles. The van der Waals surface area contributed by atoms with Crippen molar-refractivity contribution in [2.24, 2.45) is 0 Å². The lowest BCUT2D eigenvalue weighted by Gasteiger charge is -2.12. The second-order valence-electron chi connectivity index (χ2n) is 4.79. The van der Waals surface area contributed by atoms with Crippen LogP contribution in [0.4, 0.5) is 14.5 Å². The number of benzene rings is 2. The van der Waals surface area contributed by atoms with Crippen LogP contribution in [0.15, 0.2) is 36.4 Å². The minimum absolute atomic E-state index is 0.0407. The van der Waals surface area contributed by atoms with Crippen molar-refractivity contribution in [3.63, 3.8) is 0 Å². The molecule has 0 saturated heterocycles. The Morgan fingerprint density at radius 3 is 2.44 bits per heavy atom. The number of carbonyl (C=O) groups excluding carboxylic acids is 2. The first kappa shape index (κ1) is 18.2. The van der Waals surface area contributed by atoms with Gasteiger partial charge in [-0.25, -0.2) is 13.6 Å². The average molecular weight is 351 g/mol. The number of methoxy groups -OCH3 is 2. The van der Waals surface area contributed by atoms with E-state index in [-0.39, 0.29) is 17.0 Å². The second kappa shape index (κ2) is 8.09. The fraction of sp³-hybridized carbons (Fsp3) is 0.176. The number of nitrogens with one attached hydrogen (secondary N) is 1. The monoisotopic (exact) mass is 351 g/mol. The molecule has 0 atom stereocenters. The molecule has 6 nitrogen and oxygen atoms in total. The van der Waals surface area contributed by atoms with Crippen LogP contribution in [0.2, 0.25) is 0 Å². The Kier molecular flexibility index (Phi) is 5.89. The van der Waals surface area contributed by atoms with Gasteiger partial charge >= 0.3 is 5.97 Å². The van der Waals surface area contributed by atoms with E-state index in [1.54, 1.807) is 12.1 Å². The van der Waals surface area contributed by atoms with E-state index in [1.807, 2.05) is 0 Å². The second-order valence-corrected chi connectivity index (χ2v) is 4.79. The molecule has 1 N–H and O–H groups in total. The van der Waals surface area contributed by atoms with Gasteiger partial charge in [0.15, 0.2) is 29.7 Å². The van der Waals surface area contributed by atoms with Crippen LogP contribution in [-0.4, -0.2) is 32.7 Å². The minimum atomic E-state index is -1.10. The fourth-order valence-corrected chi connectivity index (χ4v) is 2.03. The number of rotatable bonds is 6. The highest BCUT2D eigenvalue weighted by Crippen LogP contribution is 2.31. The van der Waals surface area contributed by atoms with Gasteiger partial charge < -0.3 is 19.5 Å². The van der Waals surface area contributed by atoms with Crippen molar-refractivity contribution in [3.05, 3.63) is 53.6 Å². The average Bonchev–Trinajstić information content (AvgIpc) is 2.61. The SMILES string of the molecule is COc1cccc(C(=O)OCC(=O)Nc2ccc(F)c(F)c2)c1OC. The Morgan fingerprint density at radius 2 is 1.80 bits per heavy atom. The molecule has 0 aromatic heterocycles. The molecule has 2 aromatic carbocycles. The molecule has 0 heterocycles. The van der Waals surface area contributed by atoms with Gasteiger partial charge in [0.05, 0.1) is 14.2 Å². The van der Waals surface area contributed by atoms with E-state index in [9.17, 15) is 18.4 Å². The standard InChI is InChI=1S/C17H15F2NO5/c1-23-14-5-3-4-11(16(14)24-2)17(22)25-9-15(21)20-10-6-7-12(18)13(19)8-10/h3-8H,9H2,1-2H3,(H,20,21). The Morgan fingerprint density at radius 1 is 1.04 bits per heavy atom. The van der Waals surface area contributed by atoms with E-state index in [2.05, 4.69) is 5.32 Å². The van der Waals surface area contributed by atoms with Crippen molar-refractivity contribution in [2.75, 3.05) is 26.1 Å². The van der Waals surface area contributed by atoms with Crippen LogP contribution >= 0.6 is 0 Å². The summed E-state index contributed by atoms with van der Waals surface area (Å²) in [4.78, 5) is 23.9. The van der Waals surface area contributed by atoms with Gasteiger partial charge in [0.1, 0.15) is 5.56 Å². The summed E-state index contributed by atoms with van der Waals surface area (Å²) in [5, 5.41) is 2.29. The van der Waals surface area contributed by atoms with Crippen molar-refractivity contribution in [3.8, 4) is 11.5 Å². The van der Waals surface area contributed by atoms with E-state index in [1.165, 1.54) is 26.4 Å². The highest BCUT2D eigenvalue weighted by atomic mass is 19.2. The van der Waals surface area contributed by atoms with Crippen LogP contribution in [0.3, 0.4) is 0 Å². The van der Waals surface area contributed by atoms with Crippen molar-refractivity contribution >= 4 is 17.6 Å². The van der Waals surface area contributed by atoms with Gasteiger partial charge in [0.25, 0.3) is 5.91 Å². The molecule has 0 unspecified atom stereocenters. The van der Waals surface area contributed by atoms with Crippen LogP contribution in [0, 0.1) is 11.6 Å². The predicted molar refractivity (Wildman–Crippen MR) is 84.8 cm³/mol. The molecule has 2 aromatic rings. The van der Waals surface area contributed by atoms with E-state index in [0.717, 1.165) is 12.1 Å². The number of para-hydroxylation sites is 1. The first-order valence-corrected chi connectivity index (χ1v) is 7.09. The Labute approximate surface area is 142 Å². The molecule has 25 heavy (non-hydrogen) atoms. The summed E-state index contributed by atoms with van der Waals surface area (Å²) in [5.74, 6) is -3.12. The van der Waals surface area contributed by atoms with Gasteiger partial charge in [-0.2, -0.15) is 0 Å². The molecule has 2 rings (SSSR count). The van der Waals surface area contributed by atoms with Crippen molar-refractivity contribution < 1.29 is 32.6 Å².